The molecule has 2 aliphatic rings. The van der Waals surface area contributed by atoms with Crippen molar-refractivity contribution in [2.24, 2.45) is 16.8 Å². The van der Waals surface area contributed by atoms with Gasteiger partial charge in [-0.05, 0) is 42.3 Å². The predicted molar refractivity (Wildman–Crippen MR) is 116 cm³/mol. The zero-order valence-corrected chi connectivity index (χ0v) is 17.3. The number of carbonyl (C=O) groups excluding carboxylic acids is 1. The lowest BCUT2D eigenvalue weighted by Crippen LogP contribution is -2.33. The van der Waals surface area contributed by atoms with Crippen molar-refractivity contribution in [2.45, 2.75) is 25.2 Å². The third-order valence-corrected chi connectivity index (χ3v) is 6.09. The van der Waals surface area contributed by atoms with Crippen LogP contribution in [0, 0.1) is 17.7 Å². The fourth-order valence-corrected chi connectivity index (χ4v) is 4.43. The first-order chi connectivity index (χ1) is 14.0. The first kappa shape index (κ1) is 19.6. The molecule has 2 aromatic rings. The summed E-state index contributed by atoms with van der Waals surface area (Å²) in [7, 11) is 0. The number of aliphatic imine (C=N–C) groups is 1. The first-order valence-electron chi connectivity index (χ1n) is 9.82. The van der Waals surface area contributed by atoms with Crippen LogP contribution in [0.15, 0.2) is 81.2 Å². The molecule has 2 aromatic carbocycles. The molecular weight excluding hydrogens is 383 g/mol. The van der Waals surface area contributed by atoms with Crippen LogP contribution in [-0.2, 0) is 4.79 Å². The number of nitrogens with zero attached hydrogens (tertiary/aromatic N) is 1. The van der Waals surface area contributed by atoms with Gasteiger partial charge in [-0.2, -0.15) is 0 Å². The lowest BCUT2D eigenvalue weighted by molar-refractivity contribution is -0.123. The highest BCUT2D eigenvalue weighted by Gasteiger charge is 2.26. The monoisotopic (exact) mass is 406 g/mol. The van der Waals surface area contributed by atoms with Crippen LogP contribution in [0.4, 0.5) is 4.39 Å². The summed E-state index contributed by atoms with van der Waals surface area (Å²) in [6, 6.07) is 14.5. The van der Waals surface area contributed by atoms with E-state index in [9.17, 15) is 9.18 Å². The third-order valence-electron chi connectivity index (χ3n) is 4.93. The molecule has 0 bridgehead atoms. The summed E-state index contributed by atoms with van der Waals surface area (Å²) in [5.41, 5.74) is 3.60. The molecule has 0 saturated carbocycles. The summed E-state index contributed by atoms with van der Waals surface area (Å²) in [4.78, 5) is 19.7. The van der Waals surface area contributed by atoms with E-state index in [1.54, 1.807) is 23.9 Å². The Hall–Kier alpha value is -2.66. The fourth-order valence-electron chi connectivity index (χ4n) is 3.38. The Morgan fingerprint density at radius 1 is 1.21 bits per heavy atom. The van der Waals surface area contributed by atoms with E-state index in [0.29, 0.717) is 18.9 Å². The number of rotatable bonds is 4. The van der Waals surface area contributed by atoms with Gasteiger partial charge in [-0.3, -0.25) is 9.79 Å². The average molecular weight is 407 g/mol. The highest BCUT2D eigenvalue weighted by Crippen LogP contribution is 2.41. The Kier molecular flexibility index (Phi) is 5.67. The topological polar surface area (TPSA) is 41.5 Å². The van der Waals surface area contributed by atoms with Gasteiger partial charge in [0.1, 0.15) is 5.82 Å². The van der Waals surface area contributed by atoms with Gasteiger partial charge in [0, 0.05) is 33.9 Å². The first-order valence-corrected chi connectivity index (χ1v) is 10.6. The van der Waals surface area contributed by atoms with Crippen molar-refractivity contribution in [3.8, 4) is 0 Å². The van der Waals surface area contributed by atoms with Gasteiger partial charge in [0.2, 0.25) is 5.91 Å². The van der Waals surface area contributed by atoms with Gasteiger partial charge in [0.15, 0.2) is 0 Å². The van der Waals surface area contributed by atoms with Gasteiger partial charge in [-0.25, -0.2) is 4.39 Å². The standard InChI is InChI=1S/C24H23FN2OS/c1-15(2)14-26-24(28)17-9-12-22-20(13-17)27-23(16-7-10-18(25)11-8-16)19-5-3-4-6-21(19)29-22/h3-12,15,17H,13-14H2,1-2H3,(H,26,28). The predicted octanol–water partition coefficient (Wildman–Crippen LogP) is 5.33. The molecule has 5 heteroatoms. The number of halogens is 1. The summed E-state index contributed by atoms with van der Waals surface area (Å²) in [6.45, 7) is 4.82. The second-order valence-corrected chi connectivity index (χ2v) is 8.77. The molecule has 0 saturated heterocycles. The maximum atomic E-state index is 13.5. The second-order valence-electron chi connectivity index (χ2n) is 7.69. The van der Waals surface area contributed by atoms with Crippen molar-refractivity contribution in [3.63, 3.8) is 0 Å². The van der Waals surface area contributed by atoms with Crippen molar-refractivity contribution in [1.29, 1.82) is 0 Å². The van der Waals surface area contributed by atoms with Crippen molar-refractivity contribution in [1.82, 2.24) is 5.32 Å². The average Bonchev–Trinajstić information content (AvgIpc) is 2.88. The van der Waals surface area contributed by atoms with Gasteiger partial charge in [0.25, 0.3) is 0 Å². The summed E-state index contributed by atoms with van der Waals surface area (Å²) < 4.78 is 13.5. The summed E-state index contributed by atoms with van der Waals surface area (Å²) in [5.74, 6) is -0.0559. The molecule has 0 fully saturated rings. The van der Waals surface area contributed by atoms with E-state index in [1.165, 1.54) is 12.1 Å². The van der Waals surface area contributed by atoms with Crippen LogP contribution in [0.25, 0.3) is 0 Å². The van der Waals surface area contributed by atoms with Crippen molar-refractivity contribution >= 4 is 23.4 Å². The van der Waals surface area contributed by atoms with Crippen LogP contribution < -0.4 is 5.32 Å². The number of benzene rings is 2. The number of amides is 1. The van der Waals surface area contributed by atoms with Crippen LogP contribution in [0.1, 0.15) is 31.4 Å². The van der Waals surface area contributed by atoms with Crippen molar-refractivity contribution < 1.29 is 9.18 Å². The minimum atomic E-state index is -0.270. The molecule has 1 N–H and O–H groups in total. The zero-order chi connectivity index (χ0) is 20.4. The Morgan fingerprint density at radius 3 is 2.72 bits per heavy atom. The Labute approximate surface area is 174 Å². The van der Waals surface area contributed by atoms with Crippen LogP contribution >= 0.6 is 11.8 Å². The van der Waals surface area contributed by atoms with E-state index in [-0.39, 0.29) is 17.6 Å². The molecule has 1 aliphatic heterocycles. The van der Waals surface area contributed by atoms with Crippen LogP contribution in [-0.4, -0.2) is 18.2 Å². The van der Waals surface area contributed by atoms with Gasteiger partial charge in [-0.15, -0.1) is 0 Å². The van der Waals surface area contributed by atoms with Gasteiger partial charge in [-0.1, -0.05) is 49.9 Å². The van der Waals surface area contributed by atoms with Gasteiger partial charge in [0.05, 0.1) is 17.3 Å². The maximum absolute atomic E-state index is 13.5. The zero-order valence-electron chi connectivity index (χ0n) is 16.5. The number of carbonyl (C=O) groups is 1. The minimum Gasteiger partial charge on any atom is -0.355 e. The minimum absolute atomic E-state index is 0.0341. The maximum Gasteiger partial charge on any atom is 0.227 e. The molecule has 4 rings (SSSR count). The van der Waals surface area contributed by atoms with Crippen LogP contribution in [0.5, 0.6) is 0 Å². The molecule has 1 unspecified atom stereocenters. The van der Waals surface area contributed by atoms with Gasteiger partial charge < -0.3 is 5.32 Å². The summed E-state index contributed by atoms with van der Waals surface area (Å²) in [5, 5.41) is 3.02. The smallest absolute Gasteiger partial charge is 0.227 e. The van der Waals surface area contributed by atoms with E-state index in [4.69, 9.17) is 4.99 Å². The fraction of sp³-hybridized carbons (Fsp3) is 0.250. The molecule has 0 radical (unpaired) electrons. The highest BCUT2D eigenvalue weighted by molar-refractivity contribution is 8.03. The number of thioether (sulfide) groups is 1. The molecule has 1 heterocycles. The van der Waals surface area contributed by atoms with E-state index in [0.717, 1.165) is 32.3 Å². The molecule has 29 heavy (non-hydrogen) atoms. The van der Waals surface area contributed by atoms with Crippen molar-refractivity contribution in [3.05, 3.63) is 88.2 Å². The van der Waals surface area contributed by atoms with Crippen LogP contribution in [0.2, 0.25) is 0 Å². The normalized spacial score (nSPS) is 18.1. The Bertz CT molecular complexity index is 1020. The van der Waals surface area contributed by atoms with Crippen molar-refractivity contribution in [2.75, 3.05) is 6.54 Å². The lowest BCUT2D eigenvalue weighted by Gasteiger charge is -2.19. The summed E-state index contributed by atoms with van der Waals surface area (Å²) in [6.07, 6.45) is 4.54. The number of allylic oxidation sites excluding steroid dienone is 2. The summed E-state index contributed by atoms with van der Waals surface area (Å²) >= 11 is 1.67. The molecule has 0 aromatic heterocycles. The quantitative estimate of drug-likeness (QED) is 0.746. The van der Waals surface area contributed by atoms with E-state index < -0.39 is 0 Å². The Balaban J connectivity index is 1.70. The molecule has 1 atom stereocenters. The van der Waals surface area contributed by atoms with E-state index in [2.05, 4.69) is 25.2 Å². The second kappa shape index (κ2) is 8.37. The van der Waals surface area contributed by atoms with E-state index in [1.807, 2.05) is 30.4 Å². The lowest BCUT2D eigenvalue weighted by atomic mass is 9.96. The number of nitrogens with one attached hydrogen (secondary N) is 1. The number of hydrogen-bond donors (Lipinski definition) is 1. The molecular formula is C24H23FN2OS. The highest BCUT2D eigenvalue weighted by atomic mass is 32.2. The number of hydrogen-bond acceptors (Lipinski definition) is 3. The third kappa shape index (κ3) is 4.35. The molecule has 1 aliphatic carbocycles. The molecule has 148 valence electrons. The molecule has 1 amide bonds. The van der Waals surface area contributed by atoms with Gasteiger partial charge >= 0.3 is 0 Å². The van der Waals surface area contributed by atoms with Crippen LogP contribution in [0.3, 0.4) is 0 Å². The number of fused-ring (bicyclic) bond motifs is 1. The molecule has 0 spiro atoms. The molecule has 3 nitrogen and oxygen atoms in total. The SMILES string of the molecule is CC(C)CNC(=O)C1C=CC2=C(C1)N=C(c1ccc(F)cc1)c1ccccc1S2. The largest absolute Gasteiger partial charge is 0.355 e. The Morgan fingerprint density at radius 2 is 1.97 bits per heavy atom. The van der Waals surface area contributed by atoms with E-state index >= 15 is 0 Å².